The number of hydrogen-bond acceptors (Lipinski definition) is 4. The normalized spacial score (nSPS) is 20.8. The van der Waals surface area contributed by atoms with Gasteiger partial charge in [-0.2, -0.15) is 0 Å². The van der Waals surface area contributed by atoms with E-state index in [2.05, 4.69) is 0 Å². The van der Waals surface area contributed by atoms with Crippen LogP contribution in [0.25, 0.3) is 0 Å². The quantitative estimate of drug-likeness (QED) is 0.936. The number of morpholine rings is 1. The van der Waals surface area contributed by atoms with Crippen molar-refractivity contribution < 1.29 is 23.8 Å². The maximum atomic E-state index is 12.7. The molecule has 3 rings (SSSR count). The molecule has 1 amide bonds. The second-order valence-electron chi connectivity index (χ2n) is 5.95. The van der Waals surface area contributed by atoms with Gasteiger partial charge in [0, 0.05) is 0 Å². The number of rotatable bonds is 3. The Morgan fingerprint density at radius 3 is 2.54 bits per heavy atom. The number of carboxylic acid groups (broad SMARTS) is 1. The second-order valence-corrected chi connectivity index (χ2v) is 5.95. The lowest BCUT2D eigenvalue weighted by atomic mass is 10.0. The molecule has 1 aromatic heterocycles. The van der Waals surface area contributed by atoms with Gasteiger partial charge in [-0.15, -0.1) is 0 Å². The number of carbonyl (C=O) groups is 2. The summed E-state index contributed by atoms with van der Waals surface area (Å²) < 4.78 is 11.0. The van der Waals surface area contributed by atoms with Gasteiger partial charge in [-0.3, -0.25) is 4.79 Å². The van der Waals surface area contributed by atoms with E-state index < -0.39 is 5.97 Å². The highest BCUT2D eigenvalue weighted by molar-refractivity contribution is 5.93. The summed E-state index contributed by atoms with van der Waals surface area (Å²) in [6, 6.07) is 10.5. The summed E-state index contributed by atoms with van der Waals surface area (Å²) in [5.41, 5.74) is 2.16. The SMILES string of the molecule is Cc1ccccc1C1CN(C(=O)c2ccc(C(=O)O)o2)C(C)CO1. The van der Waals surface area contributed by atoms with Crippen LogP contribution in [0.3, 0.4) is 0 Å². The van der Waals surface area contributed by atoms with Crippen molar-refractivity contribution in [2.24, 2.45) is 0 Å². The average Bonchev–Trinajstić information content (AvgIpc) is 3.06. The van der Waals surface area contributed by atoms with Crippen LogP contribution in [0.5, 0.6) is 0 Å². The molecular formula is C18H19NO5. The van der Waals surface area contributed by atoms with Crippen LogP contribution in [-0.4, -0.2) is 41.1 Å². The fraction of sp³-hybridized carbons (Fsp3) is 0.333. The molecule has 0 saturated carbocycles. The van der Waals surface area contributed by atoms with Gasteiger partial charge in [-0.1, -0.05) is 24.3 Å². The summed E-state index contributed by atoms with van der Waals surface area (Å²) in [6.45, 7) is 4.72. The summed E-state index contributed by atoms with van der Waals surface area (Å²) in [4.78, 5) is 25.3. The number of benzene rings is 1. The topological polar surface area (TPSA) is 80.0 Å². The molecule has 6 heteroatoms. The number of furan rings is 1. The molecule has 1 N–H and O–H groups in total. The summed E-state index contributed by atoms with van der Waals surface area (Å²) in [5, 5.41) is 8.92. The maximum absolute atomic E-state index is 12.7. The van der Waals surface area contributed by atoms with Crippen molar-refractivity contribution in [3.63, 3.8) is 0 Å². The Labute approximate surface area is 139 Å². The number of ether oxygens (including phenoxy) is 1. The first-order valence-electron chi connectivity index (χ1n) is 7.78. The van der Waals surface area contributed by atoms with E-state index in [-0.39, 0.29) is 29.6 Å². The molecule has 24 heavy (non-hydrogen) atoms. The van der Waals surface area contributed by atoms with Crippen molar-refractivity contribution in [2.45, 2.75) is 26.0 Å². The molecule has 0 aliphatic carbocycles. The molecule has 0 spiro atoms. The van der Waals surface area contributed by atoms with Gasteiger partial charge in [0.2, 0.25) is 5.76 Å². The van der Waals surface area contributed by atoms with Crippen LogP contribution in [0.2, 0.25) is 0 Å². The number of hydrogen-bond donors (Lipinski definition) is 1. The first kappa shape index (κ1) is 16.3. The monoisotopic (exact) mass is 329 g/mol. The molecule has 0 bridgehead atoms. The molecule has 1 aliphatic rings. The third-order valence-electron chi connectivity index (χ3n) is 4.26. The molecule has 2 aromatic rings. The molecular weight excluding hydrogens is 310 g/mol. The summed E-state index contributed by atoms with van der Waals surface area (Å²) in [5.74, 6) is -1.72. The van der Waals surface area contributed by atoms with E-state index in [4.69, 9.17) is 14.3 Å². The van der Waals surface area contributed by atoms with Gasteiger partial charge in [-0.25, -0.2) is 4.79 Å². The Bertz CT molecular complexity index is 766. The summed E-state index contributed by atoms with van der Waals surface area (Å²) in [7, 11) is 0. The highest BCUT2D eigenvalue weighted by Crippen LogP contribution is 2.28. The van der Waals surface area contributed by atoms with Crippen LogP contribution >= 0.6 is 0 Å². The second kappa shape index (κ2) is 6.49. The van der Waals surface area contributed by atoms with E-state index >= 15 is 0 Å². The van der Waals surface area contributed by atoms with Crippen molar-refractivity contribution in [2.75, 3.05) is 13.2 Å². The highest BCUT2D eigenvalue weighted by Gasteiger charge is 2.33. The van der Waals surface area contributed by atoms with Crippen molar-refractivity contribution in [1.82, 2.24) is 4.90 Å². The Kier molecular flexibility index (Phi) is 4.40. The molecule has 126 valence electrons. The highest BCUT2D eigenvalue weighted by atomic mass is 16.5. The standard InChI is InChI=1S/C18H19NO5/c1-11-5-3-4-6-13(11)16-9-19(12(2)10-23-16)17(20)14-7-8-15(24-14)18(21)22/h3-8,12,16H,9-10H2,1-2H3,(H,21,22). The number of amides is 1. The zero-order valence-corrected chi connectivity index (χ0v) is 13.6. The van der Waals surface area contributed by atoms with E-state index in [1.807, 2.05) is 38.1 Å². The first-order valence-corrected chi connectivity index (χ1v) is 7.78. The number of carboxylic acids is 1. The van der Waals surface area contributed by atoms with Gasteiger partial charge in [0.1, 0.15) is 6.10 Å². The molecule has 2 unspecified atom stereocenters. The van der Waals surface area contributed by atoms with Gasteiger partial charge in [-0.05, 0) is 37.1 Å². The number of carbonyl (C=O) groups excluding carboxylic acids is 1. The van der Waals surface area contributed by atoms with Crippen LogP contribution in [0.15, 0.2) is 40.8 Å². The molecule has 1 saturated heterocycles. The van der Waals surface area contributed by atoms with Crippen LogP contribution < -0.4 is 0 Å². The number of aryl methyl sites for hydroxylation is 1. The molecule has 0 radical (unpaired) electrons. The van der Waals surface area contributed by atoms with Gasteiger partial charge in [0.05, 0.1) is 19.2 Å². The van der Waals surface area contributed by atoms with Crippen molar-refractivity contribution in [3.8, 4) is 0 Å². The zero-order valence-electron chi connectivity index (χ0n) is 13.6. The Balaban J connectivity index is 1.82. The fourth-order valence-corrected chi connectivity index (χ4v) is 2.89. The van der Waals surface area contributed by atoms with Crippen LogP contribution in [0, 0.1) is 6.92 Å². The van der Waals surface area contributed by atoms with E-state index in [1.54, 1.807) is 4.90 Å². The Morgan fingerprint density at radius 1 is 1.17 bits per heavy atom. The fourth-order valence-electron chi connectivity index (χ4n) is 2.89. The van der Waals surface area contributed by atoms with Crippen LogP contribution in [-0.2, 0) is 4.74 Å². The smallest absolute Gasteiger partial charge is 0.371 e. The largest absolute Gasteiger partial charge is 0.475 e. The van der Waals surface area contributed by atoms with E-state index in [0.29, 0.717) is 13.2 Å². The van der Waals surface area contributed by atoms with Crippen LogP contribution in [0.4, 0.5) is 0 Å². The van der Waals surface area contributed by atoms with Gasteiger partial charge in [0.25, 0.3) is 5.91 Å². The van der Waals surface area contributed by atoms with Crippen molar-refractivity contribution >= 4 is 11.9 Å². The summed E-state index contributed by atoms with van der Waals surface area (Å²) >= 11 is 0. The third kappa shape index (κ3) is 3.05. The molecule has 1 fully saturated rings. The van der Waals surface area contributed by atoms with Gasteiger partial charge in [0.15, 0.2) is 5.76 Å². The predicted molar refractivity (Wildman–Crippen MR) is 86.0 cm³/mol. The maximum Gasteiger partial charge on any atom is 0.371 e. The molecule has 1 aromatic carbocycles. The molecule has 1 aliphatic heterocycles. The average molecular weight is 329 g/mol. The first-order chi connectivity index (χ1) is 11.5. The minimum absolute atomic E-state index is 0.0321. The predicted octanol–water partition coefficient (Wildman–Crippen LogP) is 2.89. The van der Waals surface area contributed by atoms with Crippen molar-refractivity contribution in [3.05, 3.63) is 59.0 Å². The zero-order chi connectivity index (χ0) is 17.3. The number of nitrogens with zero attached hydrogens (tertiary/aromatic N) is 1. The van der Waals surface area contributed by atoms with E-state index in [0.717, 1.165) is 11.1 Å². The van der Waals surface area contributed by atoms with Crippen molar-refractivity contribution in [1.29, 1.82) is 0 Å². The van der Waals surface area contributed by atoms with Gasteiger partial charge >= 0.3 is 5.97 Å². The molecule has 6 nitrogen and oxygen atoms in total. The lowest BCUT2D eigenvalue weighted by Gasteiger charge is -2.38. The lowest BCUT2D eigenvalue weighted by molar-refractivity contribution is -0.0497. The van der Waals surface area contributed by atoms with E-state index in [9.17, 15) is 9.59 Å². The Morgan fingerprint density at radius 2 is 1.88 bits per heavy atom. The summed E-state index contributed by atoms with van der Waals surface area (Å²) in [6.07, 6.45) is -0.208. The Hall–Kier alpha value is -2.60. The lowest BCUT2D eigenvalue weighted by Crippen LogP contribution is -2.48. The number of aromatic carboxylic acids is 1. The van der Waals surface area contributed by atoms with Crippen LogP contribution in [0.1, 0.15) is 45.3 Å². The molecule has 2 atom stereocenters. The van der Waals surface area contributed by atoms with E-state index in [1.165, 1.54) is 12.1 Å². The minimum Gasteiger partial charge on any atom is -0.475 e. The molecule has 2 heterocycles. The van der Waals surface area contributed by atoms with Gasteiger partial charge < -0.3 is 19.2 Å². The third-order valence-corrected chi connectivity index (χ3v) is 4.26. The minimum atomic E-state index is -1.19.